The first-order valence-corrected chi connectivity index (χ1v) is 8.04. The van der Waals surface area contributed by atoms with Crippen molar-refractivity contribution < 1.29 is 13.2 Å². The van der Waals surface area contributed by atoms with Crippen LogP contribution in [0, 0.1) is 0 Å². The molecular formula is C13H21NO3S. The summed E-state index contributed by atoms with van der Waals surface area (Å²) in [5, 5.41) is 0. The van der Waals surface area contributed by atoms with Crippen molar-refractivity contribution in [2.45, 2.75) is 26.2 Å². The first-order valence-electron chi connectivity index (χ1n) is 6.22. The van der Waals surface area contributed by atoms with E-state index in [0.717, 1.165) is 12.8 Å². The van der Waals surface area contributed by atoms with Gasteiger partial charge in [0, 0.05) is 11.8 Å². The second-order valence-electron chi connectivity index (χ2n) is 4.28. The van der Waals surface area contributed by atoms with Gasteiger partial charge in [-0.3, -0.25) is 0 Å². The van der Waals surface area contributed by atoms with E-state index in [0.29, 0.717) is 24.5 Å². The molecule has 0 amide bonds. The lowest BCUT2D eigenvalue weighted by atomic mass is 10.3. The van der Waals surface area contributed by atoms with Gasteiger partial charge in [-0.15, -0.1) is 0 Å². The minimum absolute atomic E-state index is 0.190. The van der Waals surface area contributed by atoms with Gasteiger partial charge >= 0.3 is 0 Å². The molecule has 0 aliphatic rings. The van der Waals surface area contributed by atoms with Gasteiger partial charge in [-0.2, -0.15) is 0 Å². The molecule has 0 aliphatic carbocycles. The molecular weight excluding hydrogens is 250 g/mol. The summed E-state index contributed by atoms with van der Waals surface area (Å²) in [6, 6.07) is 7.12. The second-order valence-corrected chi connectivity index (χ2v) is 6.58. The summed E-state index contributed by atoms with van der Waals surface area (Å²) in [5.74, 6) is 1.15. The molecule has 0 aromatic heterocycles. The van der Waals surface area contributed by atoms with Crippen molar-refractivity contribution >= 4 is 15.5 Å². The zero-order chi connectivity index (χ0) is 13.4. The van der Waals surface area contributed by atoms with Gasteiger partial charge in [-0.1, -0.05) is 19.4 Å². The zero-order valence-corrected chi connectivity index (χ0v) is 11.6. The standard InChI is InChI=1S/C13H21NO3S/c1-2-3-9-18(15,16)10-5-8-17-13-7-4-6-12(14)11-13/h4,6-7,11H,2-3,5,8-10,14H2,1H3. The molecule has 18 heavy (non-hydrogen) atoms. The number of nitrogen functional groups attached to an aromatic ring is 1. The van der Waals surface area contributed by atoms with E-state index in [-0.39, 0.29) is 11.5 Å². The molecule has 0 atom stereocenters. The van der Waals surface area contributed by atoms with Gasteiger partial charge in [0.15, 0.2) is 0 Å². The molecule has 0 bridgehead atoms. The van der Waals surface area contributed by atoms with Crippen LogP contribution in [0.2, 0.25) is 0 Å². The van der Waals surface area contributed by atoms with Crippen LogP contribution in [0.1, 0.15) is 26.2 Å². The highest BCUT2D eigenvalue weighted by Gasteiger charge is 2.09. The summed E-state index contributed by atoms with van der Waals surface area (Å²) in [7, 11) is -2.91. The van der Waals surface area contributed by atoms with E-state index >= 15 is 0 Å². The molecule has 1 rings (SSSR count). The SMILES string of the molecule is CCCCS(=O)(=O)CCCOc1cccc(N)c1. The zero-order valence-electron chi connectivity index (χ0n) is 10.8. The highest BCUT2D eigenvalue weighted by molar-refractivity contribution is 7.91. The number of benzene rings is 1. The Bertz CT molecular complexity index is 457. The molecule has 0 unspecified atom stereocenters. The van der Waals surface area contributed by atoms with Gasteiger partial charge in [0.2, 0.25) is 0 Å². The van der Waals surface area contributed by atoms with Crippen LogP contribution in [0.4, 0.5) is 5.69 Å². The van der Waals surface area contributed by atoms with Crippen molar-refractivity contribution in [3.8, 4) is 5.75 Å². The van der Waals surface area contributed by atoms with Gasteiger partial charge in [0.1, 0.15) is 15.6 Å². The number of unbranched alkanes of at least 4 members (excludes halogenated alkanes) is 1. The number of ether oxygens (including phenoxy) is 1. The van der Waals surface area contributed by atoms with Crippen molar-refractivity contribution in [3.63, 3.8) is 0 Å². The first kappa shape index (κ1) is 14.8. The summed E-state index contributed by atoms with van der Waals surface area (Å²) in [4.78, 5) is 0. The summed E-state index contributed by atoms with van der Waals surface area (Å²) in [6.07, 6.45) is 2.15. The Kier molecular flexibility index (Phi) is 5.98. The Morgan fingerprint density at radius 2 is 1.94 bits per heavy atom. The van der Waals surface area contributed by atoms with Gasteiger partial charge in [0.05, 0.1) is 18.1 Å². The molecule has 0 saturated carbocycles. The Morgan fingerprint density at radius 3 is 2.61 bits per heavy atom. The van der Waals surface area contributed by atoms with Crippen molar-refractivity contribution in [2.75, 3.05) is 23.8 Å². The fraction of sp³-hybridized carbons (Fsp3) is 0.538. The van der Waals surface area contributed by atoms with Crippen LogP contribution in [0.5, 0.6) is 5.75 Å². The Morgan fingerprint density at radius 1 is 1.22 bits per heavy atom. The maximum Gasteiger partial charge on any atom is 0.150 e. The summed E-state index contributed by atoms with van der Waals surface area (Å²) >= 11 is 0. The average Bonchev–Trinajstić information content (AvgIpc) is 2.32. The first-order chi connectivity index (χ1) is 8.53. The molecule has 1 aromatic rings. The third kappa shape index (κ3) is 5.91. The van der Waals surface area contributed by atoms with Crippen LogP contribution < -0.4 is 10.5 Å². The number of nitrogens with two attached hydrogens (primary N) is 1. The van der Waals surface area contributed by atoms with Crippen LogP contribution in [0.25, 0.3) is 0 Å². The maximum atomic E-state index is 11.6. The van der Waals surface area contributed by atoms with Gasteiger partial charge in [-0.05, 0) is 25.0 Å². The Hall–Kier alpha value is -1.23. The topological polar surface area (TPSA) is 69.4 Å². The number of rotatable bonds is 8. The molecule has 0 aliphatic heterocycles. The van der Waals surface area contributed by atoms with Gasteiger partial charge in [0.25, 0.3) is 0 Å². The Labute approximate surface area is 109 Å². The van der Waals surface area contributed by atoms with Gasteiger partial charge < -0.3 is 10.5 Å². The number of hydrogen-bond acceptors (Lipinski definition) is 4. The molecule has 0 spiro atoms. The average molecular weight is 271 g/mol. The van der Waals surface area contributed by atoms with Crippen molar-refractivity contribution in [1.82, 2.24) is 0 Å². The molecule has 0 heterocycles. The monoisotopic (exact) mass is 271 g/mol. The number of anilines is 1. The van der Waals surface area contributed by atoms with E-state index in [1.54, 1.807) is 12.1 Å². The lowest BCUT2D eigenvalue weighted by Crippen LogP contribution is -2.13. The van der Waals surface area contributed by atoms with E-state index in [2.05, 4.69) is 0 Å². The molecule has 4 nitrogen and oxygen atoms in total. The highest BCUT2D eigenvalue weighted by Crippen LogP contribution is 2.14. The van der Waals surface area contributed by atoms with Crippen LogP contribution in [-0.4, -0.2) is 26.5 Å². The molecule has 2 N–H and O–H groups in total. The molecule has 0 fully saturated rings. The molecule has 1 aromatic carbocycles. The fourth-order valence-electron chi connectivity index (χ4n) is 1.54. The van der Waals surface area contributed by atoms with E-state index < -0.39 is 9.84 Å². The van der Waals surface area contributed by atoms with Crippen molar-refractivity contribution in [3.05, 3.63) is 24.3 Å². The van der Waals surface area contributed by atoms with E-state index in [1.807, 2.05) is 19.1 Å². The molecule has 102 valence electrons. The second kappa shape index (κ2) is 7.26. The predicted molar refractivity (Wildman–Crippen MR) is 74.5 cm³/mol. The number of sulfone groups is 1. The number of hydrogen-bond donors (Lipinski definition) is 1. The maximum absolute atomic E-state index is 11.6. The quantitative estimate of drug-likeness (QED) is 0.581. The fourth-order valence-corrected chi connectivity index (χ4v) is 3.03. The molecule has 5 heteroatoms. The van der Waals surface area contributed by atoms with Crippen LogP contribution in [0.3, 0.4) is 0 Å². The van der Waals surface area contributed by atoms with Crippen molar-refractivity contribution in [1.29, 1.82) is 0 Å². The molecule has 0 saturated heterocycles. The third-order valence-corrected chi connectivity index (χ3v) is 4.36. The van der Waals surface area contributed by atoms with Crippen LogP contribution in [0.15, 0.2) is 24.3 Å². The summed E-state index contributed by atoms with van der Waals surface area (Å²) in [6.45, 7) is 2.38. The largest absolute Gasteiger partial charge is 0.493 e. The smallest absolute Gasteiger partial charge is 0.150 e. The lowest BCUT2D eigenvalue weighted by Gasteiger charge is -2.07. The van der Waals surface area contributed by atoms with Gasteiger partial charge in [-0.25, -0.2) is 8.42 Å². The Balaban J connectivity index is 2.26. The third-order valence-electron chi connectivity index (χ3n) is 2.54. The summed E-state index contributed by atoms with van der Waals surface area (Å²) in [5.41, 5.74) is 6.25. The normalized spacial score (nSPS) is 11.4. The summed E-state index contributed by atoms with van der Waals surface area (Å²) < 4.78 is 28.6. The highest BCUT2D eigenvalue weighted by atomic mass is 32.2. The molecule has 0 radical (unpaired) electrons. The van der Waals surface area contributed by atoms with Crippen LogP contribution >= 0.6 is 0 Å². The minimum atomic E-state index is -2.91. The van der Waals surface area contributed by atoms with Crippen LogP contribution in [-0.2, 0) is 9.84 Å². The van der Waals surface area contributed by atoms with E-state index in [9.17, 15) is 8.42 Å². The lowest BCUT2D eigenvalue weighted by molar-refractivity contribution is 0.318. The minimum Gasteiger partial charge on any atom is -0.493 e. The predicted octanol–water partition coefficient (Wildman–Crippen LogP) is 2.25. The van der Waals surface area contributed by atoms with E-state index in [4.69, 9.17) is 10.5 Å². The van der Waals surface area contributed by atoms with E-state index in [1.165, 1.54) is 0 Å². The van der Waals surface area contributed by atoms with Crippen molar-refractivity contribution in [2.24, 2.45) is 0 Å².